The van der Waals surface area contributed by atoms with Gasteiger partial charge in [0.1, 0.15) is 11.5 Å². The smallest absolute Gasteiger partial charge is 0.270 e. The average molecular weight is 262 g/mol. The number of nitrogens with zero attached hydrogens (tertiary/aromatic N) is 1. The molecule has 5 heteroatoms. The molecule has 1 aromatic heterocycles. The van der Waals surface area contributed by atoms with Gasteiger partial charge in [0.2, 0.25) is 0 Å². The molecule has 1 fully saturated rings. The molecule has 2 rings (SSSR count). The largest absolute Gasteiger partial charge is 0.348 e. The first-order valence-electron chi connectivity index (χ1n) is 6.84. The van der Waals surface area contributed by atoms with E-state index < -0.39 is 0 Å². The molecule has 0 radical (unpaired) electrons. The van der Waals surface area contributed by atoms with Crippen molar-refractivity contribution in [3.05, 3.63) is 23.9 Å². The molecule has 0 spiro atoms. The third-order valence-electron chi connectivity index (χ3n) is 3.88. The summed E-state index contributed by atoms with van der Waals surface area (Å²) in [4.78, 5) is 16.3. The van der Waals surface area contributed by atoms with Gasteiger partial charge in [-0.15, -0.1) is 0 Å². The summed E-state index contributed by atoms with van der Waals surface area (Å²) in [6.07, 6.45) is 3.39. The fourth-order valence-corrected chi connectivity index (χ4v) is 2.76. The third-order valence-corrected chi connectivity index (χ3v) is 3.88. The second-order valence-corrected chi connectivity index (χ2v) is 5.53. The Labute approximate surface area is 114 Å². The van der Waals surface area contributed by atoms with E-state index in [-0.39, 0.29) is 11.9 Å². The van der Waals surface area contributed by atoms with Crippen LogP contribution < -0.4 is 16.6 Å². The molecule has 0 saturated heterocycles. The van der Waals surface area contributed by atoms with Crippen LogP contribution in [0.4, 0.5) is 5.82 Å². The highest BCUT2D eigenvalue weighted by Gasteiger charge is 2.27. The Balaban J connectivity index is 2.00. The fraction of sp³-hybridized carbons (Fsp3) is 0.571. The number of nitrogens with one attached hydrogen (secondary N) is 2. The van der Waals surface area contributed by atoms with Gasteiger partial charge in [0.05, 0.1) is 0 Å². The molecular weight excluding hydrogens is 240 g/mol. The highest BCUT2D eigenvalue weighted by atomic mass is 16.1. The maximum absolute atomic E-state index is 12.2. The summed E-state index contributed by atoms with van der Waals surface area (Å²) in [5.41, 5.74) is 2.85. The predicted octanol–water partition coefficient (Wildman–Crippen LogP) is 1.92. The minimum Gasteiger partial charge on any atom is -0.348 e. The van der Waals surface area contributed by atoms with Gasteiger partial charge in [-0.05, 0) is 43.2 Å². The molecule has 3 unspecified atom stereocenters. The van der Waals surface area contributed by atoms with Crippen LogP contribution in [0.25, 0.3) is 0 Å². The first-order chi connectivity index (χ1) is 9.10. The zero-order valence-corrected chi connectivity index (χ0v) is 11.5. The van der Waals surface area contributed by atoms with E-state index in [2.05, 4.69) is 29.6 Å². The van der Waals surface area contributed by atoms with Crippen LogP contribution in [0, 0.1) is 11.8 Å². The van der Waals surface area contributed by atoms with E-state index >= 15 is 0 Å². The van der Waals surface area contributed by atoms with Crippen molar-refractivity contribution in [2.75, 3.05) is 5.43 Å². The minimum atomic E-state index is -0.122. The maximum Gasteiger partial charge on any atom is 0.270 e. The van der Waals surface area contributed by atoms with Crippen LogP contribution in [0.1, 0.15) is 43.6 Å². The summed E-state index contributed by atoms with van der Waals surface area (Å²) >= 11 is 0. The zero-order valence-electron chi connectivity index (χ0n) is 11.5. The van der Waals surface area contributed by atoms with E-state index in [1.54, 1.807) is 18.2 Å². The number of nitrogen functional groups attached to an aromatic ring is 1. The molecule has 0 bridgehead atoms. The summed E-state index contributed by atoms with van der Waals surface area (Å²) in [7, 11) is 0. The second-order valence-electron chi connectivity index (χ2n) is 5.53. The Morgan fingerprint density at radius 2 is 2.16 bits per heavy atom. The normalized spacial score (nSPS) is 26.8. The molecule has 104 valence electrons. The quantitative estimate of drug-likeness (QED) is 0.574. The maximum atomic E-state index is 12.2. The monoisotopic (exact) mass is 262 g/mol. The molecule has 1 heterocycles. The number of nitrogens with two attached hydrogens (primary N) is 1. The summed E-state index contributed by atoms with van der Waals surface area (Å²) in [5.74, 6) is 6.95. The molecule has 1 aromatic rings. The van der Waals surface area contributed by atoms with Gasteiger partial charge in [-0.3, -0.25) is 4.79 Å². The number of hydrogen-bond acceptors (Lipinski definition) is 4. The molecule has 4 N–H and O–H groups in total. The van der Waals surface area contributed by atoms with Crippen molar-refractivity contribution < 1.29 is 4.79 Å². The van der Waals surface area contributed by atoms with Gasteiger partial charge in [0, 0.05) is 6.04 Å². The lowest BCUT2D eigenvalue weighted by Gasteiger charge is -2.33. The Bertz CT molecular complexity index is 449. The van der Waals surface area contributed by atoms with E-state index in [1.807, 2.05) is 0 Å². The second kappa shape index (κ2) is 6.02. The van der Waals surface area contributed by atoms with Crippen molar-refractivity contribution >= 4 is 11.7 Å². The molecule has 0 aliphatic heterocycles. The molecule has 1 aliphatic rings. The standard InChI is InChI=1S/C14H22N4O/c1-9-6-7-11(10(2)8-9)17-14(19)12-4-3-5-13(16-12)18-15/h3-5,9-11H,6-8,15H2,1-2H3,(H,16,18)(H,17,19). The topological polar surface area (TPSA) is 80.0 Å². The molecule has 19 heavy (non-hydrogen) atoms. The third kappa shape index (κ3) is 3.44. The number of hydrogen-bond donors (Lipinski definition) is 3. The number of hydrazine groups is 1. The van der Waals surface area contributed by atoms with Crippen LogP contribution in [0.5, 0.6) is 0 Å². The van der Waals surface area contributed by atoms with Gasteiger partial charge in [-0.1, -0.05) is 19.9 Å². The first-order valence-corrected chi connectivity index (χ1v) is 6.84. The Hall–Kier alpha value is -1.62. The lowest BCUT2D eigenvalue weighted by atomic mass is 9.80. The summed E-state index contributed by atoms with van der Waals surface area (Å²) in [6, 6.07) is 5.44. The summed E-state index contributed by atoms with van der Waals surface area (Å²) in [6.45, 7) is 4.47. The molecule has 3 atom stereocenters. The van der Waals surface area contributed by atoms with E-state index in [0.717, 1.165) is 12.3 Å². The van der Waals surface area contributed by atoms with Gasteiger partial charge in [0.25, 0.3) is 5.91 Å². The Morgan fingerprint density at radius 1 is 1.37 bits per heavy atom. The van der Waals surface area contributed by atoms with Crippen molar-refractivity contribution in [2.24, 2.45) is 17.7 Å². The van der Waals surface area contributed by atoms with Gasteiger partial charge in [-0.25, -0.2) is 10.8 Å². The first kappa shape index (κ1) is 13.8. The molecule has 5 nitrogen and oxygen atoms in total. The predicted molar refractivity (Wildman–Crippen MR) is 75.5 cm³/mol. The van der Waals surface area contributed by atoms with Gasteiger partial charge >= 0.3 is 0 Å². The van der Waals surface area contributed by atoms with Gasteiger partial charge in [0.15, 0.2) is 0 Å². The van der Waals surface area contributed by atoms with Crippen LogP contribution in [-0.4, -0.2) is 16.9 Å². The van der Waals surface area contributed by atoms with Crippen LogP contribution in [-0.2, 0) is 0 Å². The SMILES string of the molecule is CC1CCC(NC(=O)c2cccc(NN)n2)C(C)C1. The summed E-state index contributed by atoms with van der Waals surface area (Å²) in [5, 5.41) is 3.09. The van der Waals surface area contributed by atoms with Crippen LogP contribution in [0.15, 0.2) is 18.2 Å². The van der Waals surface area contributed by atoms with Crippen molar-refractivity contribution in [2.45, 2.75) is 39.2 Å². The molecule has 1 saturated carbocycles. The molecule has 0 aromatic carbocycles. The van der Waals surface area contributed by atoms with E-state index in [4.69, 9.17) is 5.84 Å². The number of carbonyl (C=O) groups excluding carboxylic acids is 1. The molecular formula is C14H22N4O. The summed E-state index contributed by atoms with van der Waals surface area (Å²) < 4.78 is 0. The van der Waals surface area contributed by atoms with Crippen molar-refractivity contribution in [3.8, 4) is 0 Å². The zero-order chi connectivity index (χ0) is 13.8. The van der Waals surface area contributed by atoms with E-state index in [1.165, 1.54) is 12.8 Å². The van der Waals surface area contributed by atoms with Crippen LogP contribution in [0.3, 0.4) is 0 Å². The highest BCUT2D eigenvalue weighted by molar-refractivity contribution is 5.92. The fourth-order valence-electron chi connectivity index (χ4n) is 2.76. The van der Waals surface area contributed by atoms with E-state index in [9.17, 15) is 4.79 Å². The average Bonchev–Trinajstić information content (AvgIpc) is 2.42. The lowest BCUT2D eigenvalue weighted by molar-refractivity contribution is 0.0894. The molecule has 1 aliphatic carbocycles. The van der Waals surface area contributed by atoms with Crippen LogP contribution >= 0.6 is 0 Å². The highest BCUT2D eigenvalue weighted by Crippen LogP contribution is 2.28. The van der Waals surface area contributed by atoms with E-state index in [0.29, 0.717) is 17.4 Å². The number of aromatic nitrogens is 1. The number of carbonyl (C=O) groups is 1. The van der Waals surface area contributed by atoms with Crippen LogP contribution in [0.2, 0.25) is 0 Å². The van der Waals surface area contributed by atoms with Crippen molar-refractivity contribution in [3.63, 3.8) is 0 Å². The van der Waals surface area contributed by atoms with Crippen molar-refractivity contribution in [1.29, 1.82) is 0 Å². The Morgan fingerprint density at radius 3 is 2.84 bits per heavy atom. The minimum absolute atomic E-state index is 0.122. The van der Waals surface area contributed by atoms with Gasteiger partial charge in [-0.2, -0.15) is 0 Å². The number of rotatable bonds is 3. The molecule has 1 amide bonds. The van der Waals surface area contributed by atoms with Gasteiger partial charge < -0.3 is 10.7 Å². The number of pyridine rings is 1. The Kier molecular flexibility index (Phi) is 4.37. The lowest BCUT2D eigenvalue weighted by Crippen LogP contribution is -2.42. The number of amides is 1. The van der Waals surface area contributed by atoms with Crippen molar-refractivity contribution in [1.82, 2.24) is 10.3 Å². The number of anilines is 1.